The van der Waals surface area contributed by atoms with Gasteiger partial charge < -0.3 is 15.1 Å². The Morgan fingerprint density at radius 2 is 2.09 bits per heavy atom. The number of furan rings is 1. The van der Waals surface area contributed by atoms with Gasteiger partial charge in [-0.05, 0) is 31.9 Å². The predicted octanol–water partition coefficient (Wildman–Crippen LogP) is 2.31. The molecule has 0 saturated carbocycles. The summed E-state index contributed by atoms with van der Waals surface area (Å²) < 4.78 is 5.48. The van der Waals surface area contributed by atoms with E-state index in [1.54, 1.807) is 13.2 Å². The quantitative estimate of drug-likeness (QED) is 0.860. The Kier molecular flexibility index (Phi) is 5.20. The first-order chi connectivity index (χ1) is 10.5. The average molecular weight is 302 g/mol. The van der Waals surface area contributed by atoms with Gasteiger partial charge in [0.05, 0.1) is 12.7 Å². The fraction of sp³-hybridized carbons (Fsp3) is 0.412. The summed E-state index contributed by atoms with van der Waals surface area (Å²) >= 11 is 0. The molecule has 118 valence electrons. The molecule has 1 aromatic heterocycles. The lowest BCUT2D eigenvalue weighted by atomic mass is 10.1. The number of aryl methyl sites for hydroxylation is 1. The highest BCUT2D eigenvalue weighted by atomic mass is 16.3. The van der Waals surface area contributed by atoms with Crippen molar-refractivity contribution in [1.82, 2.24) is 10.6 Å². The predicted molar refractivity (Wildman–Crippen MR) is 85.6 cm³/mol. The standard InChI is InChI=1S/C17H22N2O3/c1-4-7-18-17(21)12(3)19-16(20)9-13-10-22-15-8-11(2)5-6-14(13)15/h5-6,8,10,12H,4,7,9H2,1-3H3,(H,18,21)(H,19,20)/t12-/m1/s1. The molecule has 5 heteroatoms. The summed E-state index contributed by atoms with van der Waals surface area (Å²) in [6, 6.07) is 5.34. The van der Waals surface area contributed by atoms with Crippen molar-refractivity contribution < 1.29 is 14.0 Å². The molecule has 0 aliphatic rings. The second kappa shape index (κ2) is 7.11. The van der Waals surface area contributed by atoms with Crippen LogP contribution in [-0.4, -0.2) is 24.4 Å². The van der Waals surface area contributed by atoms with E-state index in [1.807, 2.05) is 32.0 Å². The van der Waals surface area contributed by atoms with E-state index in [0.717, 1.165) is 28.5 Å². The second-order valence-electron chi connectivity index (χ2n) is 5.52. The van der Waals surface area contributed by atoms with Crippen molar-refractivity contribution in [3.05, 3.63) is 35.6 Å². The van der Waals surface area contributed by atoms with E-state index in [2.05, 4.69) is 10.6 Å². The van der Waals surface area contributed by atoms with Gasteiger partial charge in [-0.1, -0.05) is 19.1 Å². The van der Waals surface area contributed by atoms with Crippen molar-refractivity contribution in [1.29, 1.82) is 0 Å². The number of hydrogen-bond donors (Lipinski definition) is 2. The first kappa shape index (κ1) is 16.1. The minimum Gasteiger partial charge on any atom is -0.464 e. The summed E-state index contributed by atoms with van der Waals surface area (Å²) in [5.41, 5.74) is 2.71. The lowest BCUT2D eigenvalue weighted by molar-refractivity contribution is -0.128. The molecule has 1 heterocycles. The van der Waals surface area contributed by atoms with Crippen molar-refractivity contribution in [3.63, 3.8) is 0 Å². The minimum atomic E-state index is -0.542. The van der Waals surface area contributed by atoms with Crippen molar-refractivity contribution >= 4 is 22.8 Å². The molecule has 2 rings (SSSR count). The zero-order valence-electron chi connectivity index (χ0n) is 13.2. The van der Waals surface area contributed by atoms with Gasteiger partial charge in [0, 0.05) is 17.5 Å². The van der Waals surface area contributed by atoms with Gasteiger partial charge in [-0.3, -0.25) is 9.59 Å². The average Bonchev–Trinajstić information content (AvgIpc) is 2.86. The molecule has 0 bridgehead atoms. The molecule has 2 aromatic rings. The zero-order chi connectivity index (χ0) is 16.1. The van der Waals surface area contributed by atoms with Crippen LogP contribution in [0.4, 0.5) is 0 Å². The first-order valence-electron chi connectivity index (χ1n) is 7.55. The summed E-state index contributed by atoms with van der Waals surface area (Å²) in [6.07, 6.45) is 2.67. The molecule has 0 fully saturated rings. The summed E-state index contributed by atoms with van der Waals surface area (Å²) in [6.45, 7) is 6.27. The monoisotopic (exact) mass is 302 g/mol. The molecule has 0 spiro atoms. The lowest BCUT2D eigenvalue weighted by Crippen LogP contribution is -2.45. The van der Waals surface area contributed by atoms with Gasteiger partial charge in [-0.2, -0.15) is 0 Å². The van der Waals surface area contributed by atoms with E-state index in [0.29, 0.717) is 6.54 Å². The Labute approximate surface area is 130 Å². The van der Waals surface area contributed by atoms with Gasteiger partial charge in [-0.25, -0.2) is 0 Å². The Balaban J connectivity index is 1.97. The lowest BCUT2D eigenvalue weighted by Gasteiger charge is -2.13. The van der Waals surface area contributed by atoms with E-state index in [9.17, 15) is 9.59 Å². The van der Waals surface area contributed by atoms with Crippen LogP contribution in [0.5, 0.6) is 0 Å². The third-order valence-electron chi connectivity index (χ3n) is 3.48. The molecular weight excluding hydrogens is 280 g/mol. The highest BCUT2D eigenvalue weighted by Gasteiger charge is 2.16. The SMILES string of the molecule is CCCNC(=O)[C@@H](C)NC(=O)Cc1coc2cc(C)ccc12. The van der Waals surface area contributed by atoms with E-state index in [-0.39, 0.29) is 18.2 Å². The number of carbonyl (C=O) groups is 2. The maximum atomic E-state index is 12.1. The third kappa shape index (κ3) is 3.87. The minimum absolute atomic E-state index is 0.164. The van der Waals surface area contributed by atoms with Crippen molar-refractivity contribution in [2.24, 2.45) is 0 Å². The van der Waals surface area contributed by atoms with Gasteiger partial charge in [0.2, 0.25) is 11.8 Å². The van der Waals surface area contributed by atoms with Crippen LogP contribution in [0.1, 0.15) is 31.4 Å². The summed E-state index contributed by atoms with van der Waals surface area (Å²) in [4.78, 5) is 23.8. The first-order valence-corrected chi connectivity index (χ1v) is 7.55. The maximum Gasteiger partial charge on any atom is 0.242 e. The van der Waals surface area contributed by atoms with Crippen LogP contribution in [0.2, 0.25) is 0 Å². The summed E-state index contributed by atoms with van der Waals surface area (Å²) in [5.74, 6) is -0.356. The van der Waals surface area contributed by atoms with Crippen LogP contribution in [0.25, 0.3) is 11.0 Å². The fourth-order valence-electron chi connectivity index (χ4n) is 2.26. The second-order valence-corrected chi connectivity index (χ2v) is 5.52. The van der Waals surface area contributed by atoms with Crippen LogP contribution in [0.3, 0.4) is 0 Å². The summed E-state index contributed by atoms with van der Waals surface area (Å²) in [7, 11) is 0. The number of fused-ring (bicyclic) bond motifs is 1. The summed E-state index contributed by atoms with van der Waals surface area (Å²) in [5, 5.41) is 6.40. The third-order valence-corrected chi connectivity index (χ3v) is 3.48. The van der Waals surface area contributed by atoms with Crippen LogP contribution in [-0.2, 0) is 16.0 Å². The fourth-order valence-corrected chi connectivity index (χ4v) is 2.26. The molecule has 0 aliphatic carbocycles. The largest absolute Gasteiger partial charge is 0.464 e. The molecule has 22 heavy (non-hydrogen) atoms. The Hall–Kier alpha value is -2.30. The number of hydrogen-bond acceptors (Lipinski definition) is 3. The number of amides is 2. The van der Waals surface area contributed by atoms with Crippen LogP contribution in [0.15, 0.2) is 28.9 Å². The Morgan fingerprint density at radius 3 is 2.82 bits per heavy atom. The molecule has 5 nitrogen and oxygen atoms in total. The van der Waals surface area contributed by atoms with Crippen molar-refractivity contribution in [2.75, 3.05) is 6.54 Å². The Bertz CT molecular complexity index is 676. The number of carbonyl (C=O) groups excluding carboxylic acids is 2. The molecule has 0 saturated heterocycles. The molecule has 0 radical (unpaired) electrons. The molecule has 1 atom stereocenters. The number of benzene rings is 1. The smallest absolute Gasteiger partial charge is 0.242 e. The maximum absolute atomic E-state index is 12.1. The van der Waals surface area contributed by atoms with Crippen molar-refractivity contribution in [3.8, 4) is 0 Å². The van der Waals surface area contributed by atoms with Gasteiger partial charge >= 0.3 is 0 Å². The number of nitrogens with one attached hydrogen (secondary N) is 2. The van der Waals surface area contributed by atoms with E-state index >= 15 is 0 Å². The van der Waals surface area contributed by atoms with E-state index in [4.69, 9.17) is 4.42 Å². The Morgan fingerprint density at radius 1 is 1.32 bits per heavy atom. The number of rotatable bonds is 6. The highest BCUT2D eigenvalue weighted by molar-refractivity contribution is 5.91. The zero-order valence-corrected chi connectivity index (χ0v) is 13.2. The van der Waals surface area contributed by atoms with Crippen LogP contribution < -0.4 is 10.6 Å². The van der Waals surface area contributed by atoms with Crippen LogP contribution >= 0.6 is 0 Å². The van der Waals surface area contributed by atoms with Gasteiger partial charge in [0.15, 0.2) is 0 Å². The molecule has 0 aliphatic heterocycles. The normalized spacial score (nSPS) is 12.1. The molecule has 2 N–H and O–H groups in total. The molecule has 0 unspecified atom stereocenters. The van der Waals surface area contributed by atoms with Gasteiger partial charge in [0.25, 0.3) is 0 Å². The molecule has 1 aromatic carbocycles. The van der Waals surface area contributed by atoms with Gasteiger partial charge in [-0.15, -0.1) is 0 Å². The topological polar surface area (TPSA) is 71.3 Å². The highest BCUT2D eigenvalue weighted by Crippen LogP contribution is 2.22. The van der Waals surface area contributed by atoms with E-state index < -0.39 is 6.04 Å². The molecule has 2 amide bonds. The molecular formula is C17H22N2O3. The van der Waals surface area contributed by atoms with E-state index in [1.165, 1.54) is 0 Å². The van der Waals surface area contributed by atoms with Gasteiger partial charge in [0.1, 0.15) is 11.6 Å². The van der Waals surface area contributed by atoms with Crippen molar-refractivity contribution in [2.45, 2.75) is 39.7 Å². The van der Waals surface area contributed by atoms with Crippen LogP contribution in [0, 0.1) is 6.92 Å².